The summed E-state index contributed by atoms with van der Waals surface area (Å²) in [6, 6.07) is 12.6. The van der Waals surface area contributed by atoms with E-state index in [1.54, 1.807) is 24.3 Å². The third-order valence-electron chi connectivity index (χ3n) is 4.31. The molecule has 0 N–H and O–H groups in total. The molecule has 0 radical (unpaired) electrons. The Labute approximate surface area is 148 Å². The van der Waals surface area contributed by atoms with Crippen LogP contribution in [0.1, 0.15) is 31.8 Å². The van der Waals surface area contributed by atoms with Gasteiger partial charge in [0.05, 0.1) is 23.6 Å². The fraction of sp³-hybridized carbons (Fsp3) is 0.263. The highest BCUT2D eigenvalue weighted by Gasteiger charge is 2.47. The number of aryl methyl sites for hydroxylation is 1. The molecule has 0 aliphatic carbocycles. The fourth-order valence-corrected chi connectivity index (χ4v) is 3.65. The number of rotatable bonds is 4. The molecule has 5 heteroatoms. The van der Waals surface area contributed by atoms with Gasteiger partial charge in [-0.2, -0.15) is 0 Å². The van der Waals surface area contributed by atoms with Crippen molar-refractivity contribution in [3.8, 4) is 5.75 Å². The van der Waals surface area contributed by atoms with Crippen LogP contribution in [-0.2, 0) is 11.2 Å². The molecule has 0 saturated carbocycles. The van der Waals surface area contributed by atoms with E-state index in [-0.39, 0.29) is 11.1 Å². The summed E-state index contributed by atoms with van der Waals surface area (Å²) in [7, 11) is 1.51. The number of hydrogen-bond acceptors (Lipinski definition) is 4. The van der Waals surface area contributed by atoms with Gasteiger partial charge in [0.15, 0.2) is 5.60 Å². The Hall–Kier alpha value is -2.14. The van der Waals surface area contributed by atoms with Gasteiger partial charge in [-0.05, 0) is 30.2 Å². The summed E-state index contributed by atoms with van der Waals surface area (Å²) < 4.78 is 10.9. The number of para-hydroxylation sites is 1. The molecule has 0 fully saturated rings. The first kappa shape index (κ1) is 16.7. The number of cyclic esters (lactones) is 1. The van der Waals surface area contributed by atoms with Crippen molar-refractivity contribution in [2.45, 2.75) is 18.9 Å². The van der Waals surface area contributed by atoms with Gasteiger partial charge in [0.2, 0.25) is 5.78 Å². The second-order valence-corrected chi connectivity index (χ2v) is 6.39. The van der Waals surface area contributed by atoms with Gasteiger partial charge in [0.25, 0.3) is 0 Å². The molecule has 1 aliphatic heterocycles. The number of esters is 1. The van der Waals surface area contributed by atoms with Crippen LogP contribution in [0, 0.1) is 6.92 Å². The molecular weight excluding hydrogens is 372 g/mol. The lowest BCUT2D eigenvalue weighted by atomic mass is 9.83. The first-order valence-electron chi connectivity index (χ1n) is 7.58. The molecule has 0 saturated heterocycles. The maximum Gasteiger partial charge on any atom is 0.339 e. The number of benzene rings is 2. The molecule has 2 aromatic carbocycles. The summed E-state index contributed by atoms with van der Waals surface area (Å²) in [4.78, 5) is 25.7. The number of Topliss-reactive ketones (excluding diaryl/α,β-unsaturated/α-hetero) is 1. The van der Waals surface area contributed by atoms with Gasteiger partial charge in [-0.3, -0.25) is 4.79 Å². The molecule has 0 amide bonds. The molecule has 2 aromatic rings. The molecule has 0 bridgehead atoms. The lowest BCUT2D eigenvalue weighted by Crippen LogP contribution is -2.50. The van der Waals surface area contributed by atoms with Crippen LogP contribution in [0.3, 0.4) is 0 Å². The van der Waals surface area contributed by atoms with Crippen molar-refractivity contribution in [3.63, 3.8) is 0 Å². The molecule has 3 rings (SSSR count). The lowest BCUT2D eigenvalue weighted by Gasteiger charge is -2.35. The Kier molecular flexibility index (Phi) is 4.45. The maximum absolute atomic E-state index is 13.2. The third-order valence-corrected chi connectivity index (χ3v) is 5.21. The second kappa shape index (κ2) is 6.40. The number of halogens is 1. The van der Waals surface area contributed by atoms with E-state index in [4.69, 9.17) is 9.47 Å². The molecule has 0 spiro atoms. The molecule has 1 atom stereocenters. The van der Waals surface area contributed by atoms with E-state index in [0.29, 0.717) is 23.3 Å². The Morgan fingerprint density at radius 2 is 2.00 bits per heavy atom. The standard InChI is InChI=1S/C19H17BrO4/c1-12-6-5-7-13-10-19(11-20,24-18(22)16(12)13)17(21)14-8-3-4-9-15(14)23-2/h3-9H,10-11H2,1-2H3/t19-/m1/s1. The van der Waals surface area contributed by atoms with Gasteiger partial charge in [0.1, 0.15) is 5.75 Å². The van der Waals surface area contributed by atoms with E-state index in [1.165, 1.54) is 7.11 Å². The fourth-order valence-electron chi connectivity index (χ4n) is 3.08. The summed E-state index contributed by atoms with van der Waals surface area (Å²) in [6.07, 6.45) is 0.331. The monoisotopic (exact) mass is 388 g/mol. The highest BCUT2D eigenvalue weighted by atomic mass is 79.9. The maximum atomic E-state index is 13.2. The largest absolute Gasteiger partial charge is 0.496 e. The number of fused-ring (bicyclic) bond motifs is 1. The lowest BCUT2D eigenvalue weighted by molar-refractivity contribution is -0.00542. The van der Waals surface area contributed by atoms with Crippen LogP contribution in [0.2, 0.25) is 0 Å². The topological polar surface area (TPSA) is 52.6 Å². The minimum absolute atomic E-state index is 0.218. The molecule has 0 aromatic heterocycles. The highest BCUT2D eigenvalue weighted by Crippen LogP contribution is 2.35. The van der Waals surface area contributed by atoms with Crippen molar-refractivity contribution in [1.82, 2.24) is 0 Å². The van der Waals surface area contributed by atoms with E-state index < -0.39 is 11.6 Å². The van der Waals surface area contributed by atoms with Gasteiger partial charge in [-0.1, -0.05) is 46.3 Å². The van der Waals surface area contributed by atoms with Gasteiger partial charge in [-0.25, -0.2) is 4.79 Å². The number of ether oxygens (including phenoxy) is 2. The van der Waals surface area contributed by atoms with E-state index in [2.05, 4.69) is 15.9 Å². The average Bonchev–Trinajstić information content (AvgIpc) is 2.60. The first-order valence-corrected chi connectivity index (χ1v) is 8.70. The molecule has 124 valence electrons. The minimum atomic E-state index is -1.27. The van der Waals surface area contributed by atoms with Crippen LogP contribution in [0.4, 0.5) is 0 Å². The van der Waals surface area contributed by atoms with Crippen LogP contribution in [0.5, 0.6) is 5.75 Å². The Morgan fingerprint density at radius 3 is 2.71 bits per heavy atom. The summed E-state index contributed by atoms with van der Waals surface area (Å²) in [5.41, 5.74) is 1.37. The Bertz CT molecular complexity index is 815. The van der Waals surface area contributed by atoms with E-state index in [9.17, 15) is 9.59 Å². The van der Waals surface area contributed by atoms with Gasteiger partial charge in [-0.15, -0.1) is 0 Å². The molecule has 0 unspecified atom stereocenters. The van der Waals surface area contributed by atoms with Gasteiger partial charge in [0, 0.05) is 6.42 Å². The van der Waals surface area contributed by atoms with Crippen molar-refractivity contribution < 1.29 is 19.1 Å². The first-order chi connectivity index (χ1) is 11.5. The predicted molar refractivity (Wildman–Crippen MR) is 94.1 cm³/mol. The Balaban J connectivity index is 2.08. The van der Waals surface area contributed by atoms with Crippen molar-refractivity contribution in [2.24, 2.45) is 0 Å². The molecular formula is C19H17BrO4. The molecule has 4 nitrogen and oxygen atoms in total. The van der Waals surface area contributed by atoms with Gasteiger partial charge >= 0.3 is 5.97 Å². The molecule has 1 aliphatic rings. The second-order valence-electron chi connectivity index (χ2n) is 5.83. The third kappa shape index (κ3) is 2.63. The summed E-state index contributed by atoms with van der Waals surface area (Å²) in [6.45, 7) is 1.86. The molecule has 1 heterocycles. The van der Waals surface area contributed by atoms with Crippen LogP contribution in [0.25, 0.3) is 0 Å². The summed E-state index contributed by atoms with van der Waals surface area (Å²) in [5, 5.41) is 0.218. The zero-order chi connectivity index (χ0) is 17.3. The number of carbonyl (C=O) groups excluding carboxylic acids is 2. The molecule has 24 heavy (non-hydrogen) atoms. The van der Waals surface area contributed by atoms with Crippen LogP contribution in [0.15, 0.2) is 42.5 Å². The quantitative estimate of drug-likeness (QED) is 0.454. The van der Waals surface area contributed by atoms with Crippen molar-refractivity contribution in [1.29, 1.82) is 0 Å². The normalized spacial score (nSPS) is 19.4. The zero-order valence-electron chi connectivity index (χ0n) is 13.5. The van der Waals surface area contributed by atoms with Crippen LogP contribution >= 0.6 is 15.9 Å². The van der Waals surface area contributed by atoms with Crippen LogP contribution in [-0.4, -0.2) is 29.8 Å². The van der Waals surface area contributed by atoms with Crippen molar-refractivity contribution in [2.75, 3.05) is 12.4 Å². The van der Waals surface area contributed by atoms with Crippen molar-refractivity contribution in [3.05, 3.63) is 64.7 Å². The minimum Gasteiger partial charge on any atom is -0.496 e. The number of methoxy groups -OCH3 is 1. The Morgan fingerprint density at radius 1 is 1.25 bits per heavy atom. The van der Waals surface area contributed by atoms with E-state index in [0.717, 1.165) is 11.1 Å². The number of alkyl halides is 1. The van der Waals surface area contributed by atoms with Gasteiger partial charge < -0.3 is 9.47 Å². The van der Waals surface area contributed by atoms with Crippen LogP contribution < -0.4 is 4.74 Å². The van der Waals surface area contributed by atoms with E-state index in [1.807, 2.05) is 25.1 Å². The van der Waals surface area contributed by atoms with Crippen molar-refractivity contribution >= 4 is 27.7 Å². The summed E-state index contributed by atoms with van der Waals surface area (Å²) >= 11 is 3.37. The zero-order valence-corrected chi connectivity index (χ0v) is 15.1. The van der Waals surface area contributed by atoms with E-state index >= 15 is 0 Å². The SMILES string of the molecule is COc1ccccc1C(=O)[C@]1(CBr)Cc2cccc(C)c2C(=O)O1. The number of carbonyl (C=O) groups is 2. The summed E-state index contributed by atoms with van der Waals surface area (Å²) in [5.74, 6) is -0.261. The average molecular weight is 389 g/mol. The predicted octanol–water partition coefficient (Wildman–Crippen LogP) is 3.73. The smallest absolute Gasteiger partial charge is 0.339 e. The number of hydrogen-bond donors (Lipinski definition) is 0. The number of ketones is 1. The highest BCUT2D eigenvalue weighted by molar-refractivity contribution is 9.09.